The fourth-order valence-electron chi connectivity index (χ4n) is 1.71. The molecule has 0 saturated carbocycles. The van der Waals surface area contributed by atoms with Crippen LogP contribution in [0.5, 0.6) is 0 Å². The SMILES string of the molecule is COCC(=O)Nc1c(-c2ccc(Cl)cc2)n[nH]c1C. The van der Waals surface area contributed by atoms with E-state index in [4.69, 9.17) is 16.3 Å². The maximum atomic E-state index is 11.6. The van der Waals surface area contributed by atoms with Gasteiger partial charge in [0.1, 0.15) is 12.3 Å². The topological polar surface area (TPSA) is 67.0 Å². The lowest BCUT2D eigenvalue weighted by Gasteiger charge is -2.06. The number of benzene rings is 1. The Morgan fingerprint density at radius 1 is 1.42 bits per heavy atom. The second-order valence-corrected chi connectivity index (χ2v) is 4.50. The minimum Gasteiger partial charge on any atom is -0.375 e. The molecular formula is C13H14ClN3O2. The molecule has 19 heavy (non-hydrogen) atoms. The van der Waals surface area contributed by atoms with Gasteiger partial charge in [0.25, 0.3) is 0 Å². The highest BCUT2D eigenvalue weighted by atomic mass is 35.5. The largest absolute Gasteiger partial charge is 0.375 e. The zero-order valence-electron chi connectivity index (χ0n) is 10.7. The Hall–Kier alpha value is -1.85. The molecule has 0 unspecified atom stereocenters. The molecule has 1 aromatic heterocycles. The molecule has 0 aliphatic rings. The van der Waals surface area contributed by atoms with Crippen molar-refractivity contribution in [2.75, 3.05) is 19.0 Å². The Morgan fingerprint density at radius 3 is 2.74 bits per heavy atom. The predicted octanol–water partition coefficient (Wildman–Crippen LogP) is 2.62. The first-order valence-corrected chi connectivity index (χ1v) is 6.09. The van der Waals surface area contributed by atoms with Crippen molar-refractivity contribution in [2.24, 2.45) is 0 Å². The number of nitrogens with one attached hydrogen (secondary N) is 2. The zero-order chi connectivity index (χ0) is 13.8. The standard InChI is InChI=1S/C13H14ClN3O2/c1-8-12(15-11(18)7-19-2)13(17-16-8)9-3-5-10(14)6-4-9/h3-6H,7H2,1-2H3,(H,15,18)(H,16,17). The maximum absolute atomic E-state index is 11.6. The number of aryl methyl sites for hydroxylation is 1. The lowest BCUT2D eigenvalue weighted by atomic mass is 10.1. The Morgan fingerprint density at radius 2 is 2.11 bits per heavy atom. The number of anilines is 1. The van der Waals surface area contributed by atoms with Crippen molar-refractivity contribution >= 4 is 23.2 Å². The van der Waals surface area contributed by atoms with E-state index in [2.05, 4.69) is 15.5 Å². The first-order valence-electron chi connectivity index (χ1n) is 5.71. The summed E-state index contributed by atoms with van der Waals surface area (Å²) >= 11 is 5.86. The summed E-state index contributed by atoms with van der Waals surface area (Å²) in [5.41, 5.74) is 3.00. The number of ether oxygens (including phenoxy) is 1. The number of carbonyl (C=O) groups excluding carboxylic acids is 1. The molecule has 1 aromatic carbocycles. The minimum absolute atomic E-state index is 0.00464. The molecule has 0 radical (unpaired) electrons. The molecule has 5 nitrogen and oxygen atoms in total. The predicted molar refractivity (Wildman–Crippen MR) is 74.3 cm³/mol. The second-order valence-electron chi connectivity index (χ2n) is 4.06. The molecule has 0 fully saturated rings. The molecule has 2 rings (SSSR count). The number of hydrogen-bond acceptors (Lipinski definition) is 3. The highest BCUT2D eigenvalue weighted by Crippen LogP contribution is 2.29. The van der Waals surface area contributed by atoms with E-state index in [1.807, 2.05) is 19.1 Å². The van der Waals surface area contributed by atoms with Crippen molar-refractivity contribution in [1.29, 1.82) is 0 Å². The van der Waals surface area contributed by atoms with Gasteiger partial charge in [-0.2, -0.15) is 5.10 Å². The molecule has 0 atom stereocenters. The number of H-pyrrole nitrogens is 1. The quantitative estimate of drug-likeness (QED) is 0.904. The number of aromatic amines is 1. The molecule has 0 aliphatic heterocycles. The lowest BCUT2D eigenvalue weighted by Crippen LogP contribution is -2.17. The van der Waals surface area contributed by atoms with Crippen LogP contribution in [0.25, 0.3) is 11.3 Å². The third kappa shape index (κ3) is 3.13. The van der Waals surface area contributed by atoms with Crippen molar-refractivity contribution < 1.29 is 9.53 Å². The molecule has 6 heteroatoms. The molecule has 2 aromatic rings. The fraction of sp³-hybridized carbons (Fsp3) is 0.231. The molecule has 100 valence electrons. The van der Waals surface area contributed by atoms with Crippen LogP contribution in [0.15, 0.2) is 24.3 Å². The molecule has 2 N–H and O–H groups in total. The van der Waals surface area contributed by atoms with Crippen LogP contribution in [-0.4, -0.2) is 29.8 Å². The monoisotopic (exact) mass is 279 g/mol. The summed E-state index contributed by atoms with van der Waals surface area (Å²) in [5.74, 6) is -0.220. The van der Waals surface area contributed by atoms with Crippen LogP contribution < -0.4 is 5.32 Å². The van der Waals surface area contributed by atoms with Gasteiger partial charge in [0, 0.05) is 17.7 Å². The molecule has 0 aliphatic carbocycles. The van der Waals surface area contributed by atoms with Crippen LogP contribution in [0, 0.1) is 6.92 Å². The smallest absolute Gasteiger partial charge is 0.250 e. The average Bonchev–Trinajstić information content (AvgIpc) is 2.73. The molecule has 1 amide bonds. The van der Waals surface area contributed by atoms with Gasteiger partial charge in [-0.05, 0) is 19.1 Å². The first-order chi connectivity index (χ1) is 9.11. The van der Waals surface area contributed by atoms with Crippen molar-refractivity contribution in [3.63, 3.8) is 0 Å². The van der Waals surface area contributed by atoms with Crippen LogP contribution >= 0.6 is 11.6 Å². The Labute approximate surface area is 115 Å². The van der Waals surface area contributed by atoms with Gasteiger partial charge in [0.05, 0.1) is 11.4 Å². The molecule has 0 spiro atoms. The fourth-order valence-corrected chi connectivity index (χ4v) is 1.83. The van der Waals surface area contributed by atoms with E-state index in [0.29, 0.717) is 16.4 Å². The maximum Gasteiger partial charge on any atom is 0.250 e. The average molecular weight is 280 g/mol. The van der Waals surface area contributed by atoms with Gasteiger partial charge in [0.2, 0.25) is 5.91 Å². The summed E-state index contributed by atoms with van der Waals surface area (Å²) in [4.78, 5) is 11.6. The van der Waals surface area contributed by atoms with Crippen LogP contribution in [0.3, 0.4) is 0 Å². The van der Waals surface area contributed by atoms with E-state index in [0.717, 1.165) is 11.3 Å². The number of nitrogens with zero attached hydrogens (tertiary/aromatic N) is 1. The third-order valence-corrected chi connectivity index (χ3v) is 2.86. The highest BCUT2D eigenvalue weighted by molar-refractivity contribution is 6.30. The number of rotatable bonds is 4. The van der Waals surface area contributed by atoms with Gasteiger partial charge < -0.3 is 10.1 Å². The molecule has 0 saturated heterocycles. The number of methoxy groups -OCH3 is 1. The Balaban J connectivity index is 2.31. The van der Waals surface area contributed by atoms with E-state index in [9.17, 15) is 4.79 Å². The van der Waals surface area contributed by atoms with Crippen molar-refractivity contribution in [3.05, 3.63) is 35.0 Å². The summed E-state index contributed by atoms with van der Waals surface area (Å²) in [7, 11) is 1.47. The van der Waals surface area contributed by atoms with E-state index in [1.54, 1.807) is 12.1 Å². The highest BCUT2D eigenvalue weighted by Gasteiger charge is 2.14. The van der Waals surface area contributed by atoms with Crippen LogP contribution in [0.1, 0.15) is 5.69 Å². The number of aromatic nitrogens is 2. The van der Waals surface area contributed by atoms with Crippen molar-refractivity contribution in [1.82, 2.24) is 10.2 Å². The summed E-state index contributed by atoms with van der Waals surface area (Å²) in [6, 6.07) is 7.26. The number of carbonyl (C=O) groups is 1. The summed E-state index contributed by atoms with van der Waals surface area (Å²) in [6.07, 6.45) is 0. The van der Waals surface area contributed by atoms with Gasteiger partial charge in [-0.25, -0.2) is 0 Å². The van der Waals surface area contributed by atoms with Gasteiger partial charge in [0.15, 0.2) is 0 Å². The van der Waals surface area contributed by atoms with Gasteiger partial charge in [-0.3, -0.25) is 9.89 Å². The second kappa shape index (κ2) is 5.86. The van der Waals surface area contributed by atoms with E-state index < -0.39 is 0 Å². The Bertz CT molecular complexity index is 578. The van der Waals surface area contributed by atoms with Gasteiger partial charge >= 0.3 is 0 Å². The molecule has 0 bridgehead atoms. The normalized spacial score (nSPS) is 10.5. The van der Waals surface area contributed by atoms with E-state index in [-0.39, 0.29) is 12.5 Å². The molecular weight excluding hydrogens is 266 g/mol. The van der Waals surface area contributed by atoms with E-state index >= 15 is 0 Å². The summed E-state index contributed by atoms with van der Waals surface area (Å²) in [6.45, 7) is 1.85. The zero-order valence-corrected chi connectivity index (χ0v) is 11.4. The van der Waals surface area contributed by atoms with Crippen molar-refractivity contribution in [3.8, 4) is 11.3 Å². The van der Waals surface area contributed by atoms with Gasteiger partial charge in [-0.1, -0.05) is 23.7 Å². The first kappa shape index (κ1) is 13.6. The lowest BCUT2D eigenvalue weighted by molar-refractivity contribution is -0.119. The van der Waals surface area contributed by atoms with Crippen LogP contribution in [0.4, 0.5) is 5.69 Å². The Kier molecular flexibility index (Phi) is 4.19. The summed E-state index contributed by atoms with van der Waals surface area (Å²) < 4.78 is 4.79. The number of halogens is 1. The van der Waals surface area contributed by atoms with Gasteiger partial charge in [-0.15, -0.1) is 0 Å². The van der Waals surface area contributed by atoms with Crippen LogP contribution in [-0.2, 0) is 9.53 Å². The number of amides is 1. The van der Waals surface area contributed by atoms with Crippen molar-refractivity contribution in [2.45, 2.75) is 6.92 Å². The summed E-state index contributed by atoms with van der Waals surface area (Å²) in [5, 5.41) is 10.5. The molecule has 1 heterocycles. The minimum atomic E-state index is -0.220. The number of hydrogen-bond donors (Lipinski definition) is 2. The third-order valence-electron chi connectivity index (χ3n) is 2.60. The van der Waals surface area contributed by atoms with E-state index in [1.165, 1.54) is 7.11 Å². The van der Waals surface area contributed by atoms with Crippen LogP contribution in [0.2, 0.25) is 5.02 Å².